The van der Waals surface area contributed by atoms with Gasteiger partial charge >= 0.3 is 11.3 Å². The lowest BCUT2D eigenvalue weighted by Gasteiger charge is -2.06. The molecule has 1 N–H and O–H groups in total. The first-order chi connectivity index (χ1) is 15.1. The van der Waals surface area contributed by atoms with Gasteiger partial charge in [0.15, 0.2) is 0 Å². The second-order valence-electron chi connectivity index (χ2n) is 6.98. The molecule has 0 aliphatic heterocycles. The van der Waals surface area contributed by atoms with Crippen LogP contribution in [-0.2, 0) is 6.54 Å². The minimum atomic E-state index is -0.448. The second kappa shape index (κ2) is 7.77. The van der Waals surface area contributed by atoms with Gasteiger partial charge in [-0.25, -0.2) is 9.78 Å². The molecular weight excluding hydrogens is 416 g/mol. The van der Waals surface area contributed by atoms with E-state index in [-0.39, 0.29) is 6.54 Å². The molecule has 2 aromatic heterocycles. The van der Waals surface area contributed by atoms with Gasteiger partial charge in [0.25, 0.3) is 0 Å². The molecule has 7 nitrogen and oxygen atoms in total. The molecule has 0 aliphatic rings. The highest BCUT2D eigenvalue weighted by atomic mass is 35.5. The van der Waals surface area contributed by atoms with Crippen molar-refractivity contribution in [1.29, 1.82) is 0 Å². The van der Waals surface area contributed by atoms with Gasteiger partial charge < -0.3 is 9.30 Å². The van der Waals surface area contributed by atoms with E-state index < -0.39 is 5.63 Å². The molecule has 0 fully saturated rings. The van der Waals surface area contributed by atoms with Crippen molar-refractivity contribution >= 4 is 22.6 Å². The molecule has 0 unspecified atom stereocenters. The summed E-state index contributed by atoms with van der Waals surface area (Å²) in [6.07, 6.45) is 0. The van der Waals surface area contributed by atoms with E-state index in [0.717, 1.165) is 33.9 Å². The summed E-state index contributed by atoms with van der Waals surface area (Å²) in [4.78, 5) is 17.4. The van der Waals surface area contributed by atoms with Gasteiger partial charge in [-0.05, 0) is 58.5 Å². The first-order valence-electron chi connectivity index (χ1n) is 9.62. The highest BCUT2D eigenvalue weighted by molar-refractivity contribution is 6.30. The Hall–Kier alpha value is -3.84. The molecule has 0 radical (unpaired) electrons. The van der Waals surface area contributed by atoms with Gasteiger partial charge in [-0.1, -0.05) is 23.7 Å². The molecule has 0 saturated heterocycles. The number of hydrogen-bond donors (Lipinski definition) is 1. The zero-order valence-corrected chi connectivity index (χ0v) is 17.3. The number of imidazole rings is 1. The molecule has 0 aliphatic carbocycles. The minimum Gasteiger partial charge on any atom is -0.497 e. The molecule has 5 aromatic rings. The maximum Gasteiger partial charge on any atom is 0.432 e. The van der Waals surface area contributed by atoms with Crippen LogP contribution in [-0.4, -0.2) is 21.9 Å². The zero-order chi connectivity index (χ0) is 21.4. The standard InChI is InChI=1S/C23H17ClN4O3/c1-30-18-12-10-17(11-13-18)28-21(23(29)31-26-28)14-27-20-5-3-2-4-19(20)25-22(27)15-6-8-16(24)9-7-15/h2-13H,14H2,1H3/p+1. The Kier molecular flexibility index (Phi) is 4.80. The highest BCUT2D eigenvalue weighted by Crippen LogP contribution is 2.26. The Bertz CT molecular complexity index is 1420. The topological polar surface area (TPSA) is 76.9 Å². The van der Waals surface area contributed by atoms with Crippen molar-refractivity contribution in [1.82, 2.24) is 14.8 Å². The lowest BCUT2D eigenvalue weighted by atomic mass is 10.2. The smallest absolute Gasteiger partial charge is 0.432 e. The van der Waals surface area contributed by atoms with Gasteiger partial charge in [0.2, 0.25) is 5.69 Å². The van der Waals surface area contributed by atoms with E-state index in [0.29, 0.717) is 10.7 Å². The Balaban J connectivity index is 1.65. The van der Waals surface area contributed by atoms with Crippen LogP contribution in [0, 0.1) is 0 Å². The van der Waals surface area contributed by atoms with Crippen LogP contribution in [0.15, 0.2) is 82.1 Å². The second-order valence-corrected chi connectivity index (χ2v) is 7.41. The molecule has 0 amide bonds. The summed E-state index contributed by atoms with van der Waals surface area (Å²) in [6, 6.07) is 22.6. The van der Waals surface area contributed by atoms with E-state index in [1.807, 2.05) is 77.4 Å². The SMILES string of the molecule is COc1ccc(-[n+]2[nH]oc(=O)c2Cn2c(-c3ccc(Cl)cc3)nc3ccccc32)cc1. The van der Waals surface area contributed by atoms with Crippen molar-refractivity contribution in [2.24, 2.45) is 0 Å². The van der Waals surface area contributed by atoms with E-state index in [9.17, 15) is 4.79 Å². The lowest BCUT2D eigenvalue weighted by Crippen LogP contribution is -2.39. The van der Waals surface area contributed by atoms with E-state index in [1.54, 1.807) is 11.8 Å². The number of H-pyrrole nitrogens is 1. The van der Waals surface area contributed by atoms with Crippen molar-refractivity contribution in [2.75, 3.05) is 7.11 Å². The van der Waals surface area contributed by atoms with Crippen molar-refractivity contribution in [3.05, 3.63) is 93.9 Å². The molecule has 0 spiro atoms. The first kappa shape index (κ1) is 19.1. The number of aromatic amines is 1. The van der Waals surface area contributed by atoms with Crippen molar-refractivity contribution in [3.8, 4) is 22.8 Å². The number of benzene rings is 3. The number of aromatic nitrogens is 4. The number of hydrogen-bond acceptors (Lipinski definition) is 4. The summed E-state index contributed by atoms with van der Waals surface area (Å²) in [5.41, 5.74) is 3.38. The van der Waals surface area contributed by atoms with Crippen molar-refractivity contribution in [2.45, 2.75) is 6.54 Å². The number of fused-ring (bicyclic) bond motifs is 1. The third-order valence-corrected chi connectivity index (χ3v) is 5.38. The van der Waals surface area contributed by atoms with Gasteiger partial charge in [0.1, 0.15) is 18.1 Å². The fourth-order valence-corrected chi connectivity index (χ4v) is 3.70. The van der Waals surface area contributed by atoms with Crippen molar-refractivity contribution < 1.29 is 13.9 Å². The molecule has 5 rings (SSSR count). The predicted molar refractivity (Wildman–Crippen MR) is 117 cm³/mol. The number of halogens is 1. The zero-order valence-electron chi connectivity index (χ0n) is 16.6. The summed E-state index contributed by atoms with van der Waals surface area (Å²) in [6.45, 7) is 0.260. The quantitative estimate of drug-likeness (QED) is 0.425. The average Bonchev–Trinajstić information content (AvgIpc) is 3.35. The van der Waals surface area contributed by atoms with Crippen LogP contribution in [0.1, 0.15) is 5.69 Å². The van der Waals surface area contributed by atoms with Crippen LogP contribution in [0.3, 0.4) is 0 Å². The Labute approximate surface area is 182 Å². The van der Waals surface area contributed by atoms with Gasteiger partial charge in [0.05, 0.1) is 18.1 Å². The van der Waals surface area contributed by atoms with Crippen LogP contribution in [0.25, 0.3) is 28.1 Å². The number of nitrogens with zero attached hydrogens (tertiary/aromatic N) is 3. The predicted octanol–water partition coefficient (Wildman–Crippen LogP) is 3.97. The summed E-state index contributed by atoms with van der Waals surface area (Å²) in [7, 11) is 1.61. The normalized spacial score (nSPS) is 11.2. The molecule has 3 aromatic carbocycles. The Morgan fingerprint density at radius 2 is 1.81 bits per heavy atom. The minimum absolute atomic E-state index is 0.260. The maximum absolute atomic E-state index is 12.6. The Morgan fingerprint density at radius 1 is 1.06 bits per heavy atom. The van der Waals surface area contributed by atoms with Crippen LogP contribution < -0.4 is 15.0 Å². The van der Waals surface area contributed by atoms with E-state index in [4.69, 9.17) is 25.8 Å². The van der Waals surface area contributed by atoms with E-state index in [1.165, 1.54) is 0 Å². The summed E-state index contributed by atoms with van der Waals surface area (Å²) < 4.78 is 14.0. The third-order valence-electron chi connectivity index (χ3n) is 5.13. The number of para-hydroxylation sites is 2. The van der Waals surface area contributed by atoms with Crippen LogP contribution in [0.4, 0.5) is 0 Å². The monoisotopic (exact) mass is 433 g/mol. The largest absolute Gasteiger partial charge is 0.497 e. The first-order valence-corrected chi connectivity index (χ1v) is 10.00. The van der Waals surface area contributed by atoms with Gasteiger partial charge in [-0.3, -0.25) is 4.52 Å². The fourth-order valence-electron chi connectivity index (χ4n) is 3.57. The van der Waals surface area contributed by atoms with E-state index in [2.05, 4.69) is 5.27 Å². The molecule has 0 saturated carbocycles. The fraction of sp³-hybridized carbons (Fsp3) is 0.0870. The number of nitrogens with one attached hydrogen (secondary N) is 1. The maximum atomic E-state index is 12.6. The van der Waals surface area contributed by atoms with Crippen LogP contribution in [0.2, 0.25) is 5.02 Å². The average molecular weight is 434 g/mol. The summed E-state index contributed by atoms with van der Waals surface area (Å²) >= 11 is 6.07. The van der Waals surface area contributed by atoms with Crippen LogP contribution in [0.5, 0.6) is 5.75 Å². The number of rotatable bonds is 5. The Morgan fingerprint density at radius 3 is 2.55 bits per heavy atom. The van der Waals surface area contributed by atoms with Gasteiger partial charge in [-0.15, -0.1) is 0 Å². The summed E-state index contributed by atoms with van der Waals surface area (Å²) in [5, 5.41) is 3.34. The molecule has 2 heterocycles. The molecule has 154 valence electrons. The molecule has 8 heteroatoms. The molecule has 0 bridgehead atoms. The third kappa shape index (κ3) is 3.49. The molecule has 0 atom stereocenters. The molecular formula is C23H18ClN4O3+. The van der Waals surface area contributed by atoms with Gasteiger partial charge in [0, 0.05) is 22.7 Å². The lowest BCUT2D eigenvalue weighted by molar-refractivity contribution is -0.677. The molecule has 31 heavy (non-hydrogen) atoms. The summed E-state index contributed by atoms with van der Waals surface area (Å²) in [5.74, 6) is 1.46. The van der Waals surface area contributed by atoms with E-state index >= 15 is 0 Å². The van der Waals surface area contributed by atoms with Crippen molar-refractivity contribution in [3.63, 3.8) is 0 Å². The van der Waals surface area contributed by atoms with Gasteiger partial charge in [-0.2, -0.15) is 0 Å². The number of methoxy groups -OCH3 is 1. The van der Waals surface area contributed by atoms with Crippen LogP contribution >= 0.6 is 11.6 Å². The highest BCUT2D eigenvalue weighted by Gasteiger charge is 2.26. The number of ether oxygens (including phenoxy) is 1.